The van der Waals surface area contributed by atoms with Crippen LogP contribution < -0.4 is 11.6 Å². The van der Waals surface area contributed by atoms with Crippen molar-refractivity contribution < 1.29 is 24.6 Å². The van der Waals surface area contributed by atoms with Gasteiger partial charge in [0.05, 0.1) is 0 Å². The third-order valence-corrected chi connectivity index (χ3v) is 6.99. The molecule has 0 aliphatic carbocycles. The van der Waals surface area contributed by atoms with Gasteiger partial charge in [-0.3, -0.25) is 4.79 Å². The zero-order chi connectivity index (χ0) is 31.8. The number of aromatic carboxylic acids is 1. The molecular formula is C30H30ClN7O6. The molecule has 0 spiro atoms. The standard InChI is InChI=1S/C30H30ClN7O6/c1-2-3-8-25-34-27(31)26(30(40)41)36(25)17-19-9-13-21(14-10-19)23-6-4-5-7-24(23)28(32)35-37(33)29(39)22-15-11-20(12-16-22)18-44-38(42)43/h4-7,9-16H,2-3,8,17-18,33H2,1H3,(H2,32,35)(H,40,41). The summed E-state index contributed by atoms with van der Waals surface area (Å²) in [7, 11) is 0. The second kappa shape index (κ2) is 14.3. The summed E-state index contributed by atoms with van der Waals surface area (Å²) in [5.41, 5.74) is 9.86. The van der Waals surface area contributed by atoms with E-state index in [0.717, 1.165) is 29.5 Å². The number of amidine groups is 1. The van der Waals surface area contributed by atoms with E-state index < -0.39 is 17.0 Å². The summed E-state index contributed by atoms with van der Waals surface area (Å²) in [6, 6.07) is 20.6. The van der Waals surface area contributed by atoms with Gasteiger partial charge in [-0.05, 0) is 40.8 Å². The van der Waals surface area contributed by atoms with Crippen LogP contribution in [0, 0.1) is 10.1 Å². The largest absolute Gasteiger partial charge is 0.476 e. The van der Waals surface area contributed by atoms with Crippen LogP contribution in [-0.4, -0.2) is 42.6 Å². The number of carbonyl (C=O) groups is 2. The summed E-state index contributed by atoms with van der Waals surface area (Å²) >= 11 is 6.17. The van der Waals surface area contributed by atoms with Crippen molar-refractivity contribution in [2.45, 2.75) is 39.3 Å². The number of amides is 1. The lowest BCUT2D eigenvalue weighted by atomic mass is 9.98. The highest BCUT2D eigenvalue weighted by molar-refractivity contribution is 6.32. The number of hydrazine groups is 1. The lowest BCUT2D eigenvalue weighted by Crippen LogP contribution is -2.35. The Morgan fingerprint density at radius 2 is 1.75 bits per heavy atom. The number of carboxylic acid groups (broad SMARTS) is 1. The average molecular weight is 620 g/mol. The quantitative estimate of drug-likeness (QED) is 0.0477. The first kappa shape index (κ1) is 31.7. The third-order valence-electron chi connectivity index (χ3n) is 6.73. The number of hydrogen-bond donors (Lipinski definition) is 3. The van der Waals surface area contributed by atoms with E-state index in [-0.39, 0.29) is 35.4 Å². The molecule has 13 nitrogen and oxygen atoms in total. The molecule has 0 saturated carbocycles. The third kappa shape index (κ3) is 7.56. The van der Waals surface area contributed by atoms with Gasteiger partial charge in [0.2, 0.25) is 0 Å². The van der Waals surface area contributed by atoms with Crippen LogP contribution in [0.3, 0.4) is 0 Å². The van der Waals surface area contributed by atoms with Gasteiger partial charge in [-0.1, -0.05) is 85.6 Å². The Labute approximate surface area is 257 Å². The molecule has 4 aromatic rings. The first-order chi connectivity index (χ1) is 21.1. The Morgan fingerprint density at radius 3 is 2.39 bits per heavy atom. The fraction of sp³-hybridized carbons (Fsp3) is 0.200. The Morgan fingerprint density at radius 1 is 1.09 bits per heavy atom. The minimum absolute atomic E-state index is 0.00347. The SMILES string of the molecule is CCCCc1nc(Cl)c(C(=O)O)n1Cc1ccc(-c2ccccc2/C(N)=N/N(N)C(=O)c2ccc(CO[N+](=O)[O-])cc2)cc1. The summed E-state index contributed by atoms with van der Waals surface area (Å²) in [5.74, 6) is 4.76. The van der Waals surface area contributed by atoms with Crippen molar-refractivity contribution in [3.63, 3.8) is 0 Å². The fourth-order valence-corrected chi connectivity index (χ4v) is 4.80. The number of unbranched alkanes of at least 4 members (excludes halogenated alkanes) is 1. The number of rotatable bonds is 13. The zero-order valence-corrected chi connectivity index (χ0v) is 24.5. The number of carboxylic acids is 1. The van der Waals surface area contributed by atoms with E-state index in [0.29, 0.717) is 28.5 Å². The van der Waals surface area contributed by atoms with Crippen molar-refractivity contribution in [1.29, 1.82) is 0 Å². The van der Waals surface area contributed by atoms with Crippen LogP contribution in [0.5, 0.6) is 0 Å². The summed E-state index contributed by atoms with van der Waals surface area (Å²) in [5, 5.41) is 23.9. The summed E-state index contributed by atoms with van der Waals surface area (Å²) in [6.45, 7) is 2.07. The molecule has 0 bridgehead atoms. The van der Waals surface area contributed by atoms with E-state index >= 15 is 0 Å². The van der Waals surface area contributed by atoms with E-state index in [1.807, 2.05) is 43.3 Å². The number of imidazole rings is 1. The Kier molecular flexibility index (Phi) is 10.3. The molecule has 0 saturated heterocycles. The number of aryl methyl sites for hydroxylation is 1. The van der Waals surface area contributed by atoms with Gasteiger partial charge >= 0.3 is 5.97 Å². The first-order valence-electron chi connectivity index (χ1n) is 13.5. The van der Waals surface area contributed by atoms with Crippen LogP contribution in [0.4, 0.5) is 0 Å². The molecule has 1 aromatic heterocycles. The first-order valence-corrected chi connectivity index (χ1v) is 13.9. The Bertz CT molecular complexity index is 1690. The zero-order valence-electron chi connectivity index (χ0n) is 23.7. The highest BCUT2D eigenvalue weighted by atomic mass is 35.5. The van der Waals surface area contributed by atoms with Crippen LogP contribution in [0.2, 0.25) is 5.15 Å². The lowest BCUT2D eigenvalue weighted by Gasteiger charge is -2.15. The van der Waals surface area contributed by atoms with Crippen molar-refractivity contribution in [3.05, 3.63) is 122 Å². The van der Waals surface area contributed by atoms with Crippen molar-refractivity contribution in [1.82, 2.24) is 14.7 Å². The number of halogens is 1. The Balaban J connectivity index is 1.53. The molecule has 3 aromatic carbocycles. The normalized spacial score (nSPS) is 11.3. The molecule has 0 fully saturated rings. The maximum atomic E-state index is 12.8. The van der Waals surface area contributed by atoms with Gasteiger partial charge in [-0.2, -0.15) is 5.12 Å². The fourth-order valence-electron chi connectivity index (χ4n) is 4.52. The van der Waals surface area contributed by atoms with E-state index in [2.05, 4.69) is 14.9 Å². The van der Waals surface area contributed by atoms with Gasteiger partial charge in [0, 0.05) is 24.1 Å². The number of nitrogens with zero attached hydrogens (tertiary/aromatic N) is 5. The maximum Gasteiger partial charge on any atom is 0.355 e. The molecule has 1 heterocycles. The van der Waals surface area contributed by atoms with Gasteiger partial charge < -0.3 is 20.2 Å². The van der Waals surface area contributed by atoms with Crippen LogP contribution in [0.1, 0.15) is 63.1 Å². The highest BCUT2D eigenvalue weighted by Crippen LogP contribution is 2.26. The number of benzene rings is 3. The molecule has 1 amide bonds. The maximum absolute atomic E-state index is 12.8. The van der Waals surface area contributed by atoms with Crippen molar-refractivity contribution in [3.8, 4) is 11.1 Å². The van der Waals surface area contributed by atoms with Crippen LogP contribution in [-0.2, 0) is 24.4 Å². The molecule has 14 heteroatoms. The van der Waals surface area contributed by atoms with Crippen LogP contribution in [0.25, 0.3) is 11.1 Å². The van der Waals surface area contributed by atoms with E-state index in [1.54, 1.807) is 16.7 Å². The average Bonchev–Trinajstić information content (AvgIpc) is 3.33. The lowest BCUT2D eigenvalue weighted by molar-refractivity contribution is -0.763. The van der Waals surface area contributed by atoms with Crippen LogP contribution in [0.15, 0.2) is 77.9 Å². The predicted molar refractivity (Wildman–Crippen MR) is 163 cm³/mol. The van der Waals surface area contributed by atoms with E-state index in [4.69, 9.17) is 23.2 Å². The van der Waals surface area contributed by atoms with Gasteiger partial charge in [-0.15, -0.1) is 15.2 Å². The number of nitrogens with two attached hydrogens (primary N) is 2. The van der Waals surface area contributed by atoms with Crippen molar-refractivity contribution in [2.75, 3.05) is 0 Å². The minimum Gasteiger partial charge on any atom is -0.476 e. The van der Waals surface area contributed by atoms with Gasteiger partial charge in [0.15, 0.2) is 16.7 Å². The van der Waals surface area contributed by atoms with Crippen molar-refractivity contribution >= 4 is 29.3 Å². The highest BCUT2D eigenvalue weighted by Gasteiger charge is 2.22. The molecule has 44 heavy (non-hydrogen) atoms. The van der Waals surface area contributed by atoms with E-state index in [9.17, 15) is 24.8 Å². The molecule has 5 N–H and O–H groups in total. The monoisotopic (exact) mass is 619 g/mol. The number of hydrazone groups is 1. The van der Waals surface area contributed by atoms with E-state index in [1.165, 1.54) is 24.3 Å². The number of hydrogen-bond acceptors (Lipinski definition) is 8. The smallest absolute Gasteiger partial charge is 0.355 e. The molecule has 0 unspecified atom stereocenters. The molecule has 0 aliphatic rings. The molecular weight excluding hydrogens is 590 g/mol. The number of aromatic nitrogens is 2. The number of carbonyl (C=O) groups excluding carboxylic acids is 1. The molecule has 0 radical (unpaired) electrons. The minimum atomic E-state index is -1.14. The second-order valence-corrected chi connectivity index (χ2v) is 10.1. The molecule has 228 valence electrons. The summed E-state index contributed by atoms with van der Waals surface area (Å²) in [6.07, 6.45) is 2.39. The van der Waals surface area contributed by atoms with Crippen LogP contribution >= 0.6 is 11.6 Å². The summed E-state index contributed by atoms with van der Waals surface area (Å²) in [4.78, 5) is 43.7. The van der Waals surface area contributed by atoms with Gasteiger partial charge in [-0.25, -0.2) is 15.6 Å². The van der Waals surface area contributed by atoms with Gasteiger partial charge in [0.25, 0.3) is 11.0 Å². The molecule has 4 rings (SSSR count). The van der Waals surface area contributed by atoms with Crippen molar-refractivity contribution in [2.24, 2.45) is 16.7 Å². The summed E-state index contributed by atoms with van der Waals surface area (Å²) < 4.78 is 1.63. The molecule has 0 atom stereocenters. The molecule has 0 aliphatic heterocycles. The topological polar surface area (TPSA) is 192 Å². The van der Waals surface area contributed by atoms with Gasteiger partial charge in [0.1, 0.15) is 12.4 Å². The second-order valence-electron chi connectivity index (χ2n) is 9.73. The Hall–Kier alpha value is -5.27. The predicted octanol–water partition coefficient (Wildman–Crippen LogP) is 4.64.